The normalized spacial score (nSPS) is 10.8. The Bertz CT molecular complexity index is 312. The van der Waals surface area contributed by atoms with E-state index in [0.717, 1.165) is 0 Å². The Labute approximate surface area is 138 Å². The van der Waals surface area contributed by atoms with E-state index in [4.69, 9.17) is 18.9 Å². The molecule has 0 bridgehead atoms. The van der Waals surface area contributed by atoms with Crippen molar-refractivity contribution in [2.45, 2.75) is 26.9 Å². The van der Waals surface area contributed by atoms with Crippen molar-refractivity contribution < 1.29 is 28.5 Å². The highest BCUT2D eigenvalue weighted by Crippen LogP contribution is 1.86. The third-order valence-electron chi connectivity index (χ3n) is 2.48. The number of carbonyl (C=O) groups is 2. The summed E-state index contributed by atoms with van der Waals surface area (Å²) >= 11 is 0. The van der Waals surface area contributed by atoms with Crippen molar-refractivity contribution in [3.8, 4) is 0 Å². The number of ether oxygens (including phenoxy) is 4. The number of amides is 2. The van der Waals surface area contributed by atoms with Crippen molar-refractivity contribution in [3.63, 3.8) is 0 Å². The molecule has 0 spiro atoms. The third-order valence-corrected chi connectivity index (χ3v) is 2.48. The van der Waals surface area contributed by atoms with E-state index in [9.17, 15) is 9.59 Å². The van der Waals surface area contributed by atoms with Crippen LogP contribution in [-0.4, -0.2) is 77.3 Å². The predicted molar refractivity (Wildman–Crippen MR) is 85.2 cm³/mol. The van der Waals surface area contributed by atoms with E-state index >= 15 is 0 Å². The zero-order valence-electron chi connectivity index (χ0n) is 14.4. The van der Waals surface area contributed by atoms with Crippen molar-refractivity contribution in [2.75, 3.05) is 59.3 Å². The fraction of sp³-hybridized carbons (Fsp3) is 0.867. The van der Waals surface area contributed by atoms with Crippen LogP contribution in [0.3, 0.4) is 0 Å². The monoisotopic (exact) mass is 334 g/mol. The molecular formula is C15H30N2O6. The summed E-state index contributed by atoms with van der Waals surface area (Å²) in [4.78, 5) is 21.9. The minimum Gasteiger partial charge on any atom is -0.377 e. The SMILES string of the molecule is CC(=O)NCCOCCOCCOCCNC(=O)COC(C)C. The van der Waals surface area contributed by atoms with Gasteiger partial charge in [0.15, 0.2) is 0 Å². The molecular weight excluding hydrogens is 304 g/mol. The van der Waals surface area contributed by atoms with Gasteiger partial charge in [-0.2, -0.15) is 0 Å². The first-order chi connectivity index (χ1) is 11.0. The first-order valence-electron chi connectivity index (χ1n) is 7.88. The van der Waals surface area contributed by atoms with E-state index < -0.39 is 0 Å². The van der Waals surface area contributed by atoms with E-state index in [1.807, 2.05) is 13.8 Å². The Morgan fingerprint density at radius 3 is 1.78 bits per heavy atom. The maximum atomic E-state index is 11.3. The molecule has 0 unspecified atom stereocenters. The predicted octanol–water partition coefficient (Wildman–Crippen LogP) is -0.286. The van der Waals surface area contributed by atoms with Gasteiger partial charge in [-0.3, -0.25) is 9.59 Å². The molecule has 0 fully saturated rings. The first-order valence-corrected chi connectivity index (χ1v) is 7.88. The molecule has 2 N–H and O–H groups in total. The summed E-state index contributed by atoms with van der Waals surface area (Å²) in [6.07, 6.45) is 0.0449. The number of hydrogen-bond acceptors (Lipinski definition) is 6. The highest BCUT2D eigenvalue weighted by Gasteiger charge is 2.02. The second-order valence-electron chi connectivity index (χ2n) is 5.03. The summed E-state index contributed by atoms with van der Waals surface area (Å²) in [7, 11) is 0. The van der Waals surface area contributed by atoms with Crippen LogP contribution in [0.15, 0.2) is 0 Å². The topological polar surface area (TPSA) is 95.1 Å². The summed E-state index contributed by atoms with van der Waals surface area (Å²) in [5.74, 6) is -0.208. The summed E-state index contributed by atoms with van der Waals surface area (Å²) in [6, 6.07) is 0. The average Bonchev–Trinajstić information content (AvgIpc) is 2.49. The Morgan fingerprint density at radius 2 is 1.30 bits per heavy atom. The number of hydrogen-bond donors (Lipinski definition) is 2. The zero-order chi connectivity index (χ0) is 17.3. The first kappa shape index (κ1) is 21.8. The molecule has 0 aliphatic heterocycles. The van der Waals surface area contributed by atoms with Gasteiger partial charge in [-0.25, -0.2) is 0 Å². The average molecular weight is 334 g/mol. The molecule has 0 aliphatic carbocycles. The summed E-state index contributed by atoms with van der Waals surface area (Å²) in [5.41, 5.74) is 0. The Morgan fingerprint density at radius 1 is 0.826 bits per heavy atom. The van der Waals surface area contributed by atoms with Crippen LogP contribution in [0, 0.1) is 0 Å². The second kappa shape index (κ2) is 15.7. The van der Waals surface area contributed by atoms with E-state index in [2.05, 4.69) is 10.6 Å². The Hall–Kier alpha value is -1.22. The van der Waals surface area contributed by atoms with Gasteiger partial charge in [0, 0.05) is 20.0 Å². The van der Waals surface area contributed by atoms with Gasteiger partial charge in [0.05, 0.1) is 45.7 Å². The molecule has 8 nitrogen and oxygen atoms in total. The van der Waals surface area contributed by atoms with Crippen LogP contribution < -0.4 is 10.6 Å². The lowest BCUT2D eigenvalue weighted by Gasteiger charge is -2.09. The van der Waals surface area contributed by atoms with E-state index in [1.165, 1.54) is 6.92 Å². The molecule has 8 heteroatoms. The van der Waals surface area contributed by atoms with Gasteiger partial charge in [0.25, 0.3) is 0 Å². The zero-order valence-corrected chi connectivity index (χ0v) is 14.4. The number of carbonyl (C=O) groups excluding carboxylic acids is 2. The van der Waals surface area contributed by atoms with Crippen molar-refractivity contribution in [1.29, 1.82) is 0 Å². The standard InChI is InChI=1S/C15H30N2O6/c1-13(2)23-12-15(19)17-5-7-21-9-11-22-10-8-20-6-4-16-14(3)18/h13H,4-12H2,1-3H3,(H,16,18)(H,17,19). The smallest absolute Gasteiger partial charge is 0.246 e. The Kier molecular flexibility index (Phi) is 14.8. The summed E-state index contributed by atoms with van der Waals surface area (Å²) < 4.78 is 21.0. The van der Waals surface area contributed by atoms with Gasteiger partial charge in [-0.05, 0) is 13.8 Å². The fourth-order valence-electron chi connectivity index (χ4n) is 1.40. The molecule has 0 aliphatic rings. The van der Waals surface area contributed by atoms with Gasteiger partial charge in [0.1, 0.15) is 6.61 Å². The molecule has 0 rings (SSSR count). The third kappa shape index (κ3) is 18.7. The summed E-state index contributed by atoms with van der Waals surface area (Å²) in [6.45, 7) is 9.05. The van der Waals surface area contributed by atoms with Gasteiger partial charge in [0.2, 0.25) is 11.8 Å². The van der Waals surface area contributed by atoms with Gasteiger partial charge >= 0.3 is 0 Å². The molecule has 136 valence electrons. The van der Waals surface area contributed by atoms with E-state index in [-0.39, 0.29) is 24.5 Å². The number of nitrogens with one attached hydrogen (secondary N) is 2. The van der Waals surface area contributed by atoms with Crippen LogP contribution in [-0.2, 0) is 28.5 Å². The van der Waals surface area contributed by atoms with Crippen LogP contribution in [0.2, 0.25) is 0 Å². The van der Waals surface area contributed by atoms with E-state index in [1.54, 1.807) is 0 Å². The molecule has 0 radical (unpaired) electrons. The molecule has 0 aromatic carbocycles. The van der Waals surface area contributed by atoms with Gasteiger partial charge in [-0.1, -0.05) is 0 Å². The molecule has 0 atom stereocenters. The highest BCUT2D eigenvalue weighted by molar-refractivity contribution is 5.77. The molecule has 0 saturated carbocycles. The quantitative estimate of drug-likeness (QED) is 0.400. The molecule has 0 saturated heterocycles. The van der Waals surface area contributed by atoms with Gasteiger partial charge < -0.3 is 29.6 Å². The van der Waals surface area contributed by atoms with Gasteiger partial charge in [-0.15, -0.1) is 0 Å². The van der Waals surface area contributed by atoms with Crippen molar-refractivity contribution in [3.05, 3.63) is 0 Å². The van der Waals surface area contributed by atoms with Crippen LogP contribution in [0.5, 0.6) is 0 Å². The van der Waals surface area contributed by atoms with Crippen molar-refractivity contribution >= 4 is 11.8 Å². The molecule has 23 heavy (non-hydrogen) atoms. The van der Waals surface area contributed by atoms with E-state index in [0.29, 0.717) is 52.7 Å². The van der Waals surface area contributed by atoms with Crippen LogP contribution >= 0.6 is 0 Å². The lowest BCUT2D eigenvalue weighted by Crippen LogP contribution is -2.31. The molecule has 0 aromatic rings. The number of rotatable bonds is 15. The minimum atomic E-state index is -0.144. The lowest BCUT2D eigenvalue weighted by molar-refractivity contribution is -0.127. The lowest BCUT2D eigenvalue weighted by atomic mass is 10.5. The minimum absolute atomic E-state index is 0.0449. The summed E-state index contributed by atoms with van der Waals surface area (Å²) in [5, 5.41) is 5.33. The maximum absolute atomic E-state index is 11.3. The largest absolute Gasteiger partial charge is 0.377 e. The van der Waals surface area contributed by atoms with Crippen molar-refractivity contribution in [2.24, 2.45) is 0 Å². The molecule has 0 heterocycles. The van der Waals surface area contributed by atoms with Crippen molar-refractivity contribution in [1.82, 2.24) is 10.6 Å². The second-order valence-corrected chi connectivity index (χ2v) is 5.03. The van der Waals surface area contributed by atoms with Crippen LogP contribution in [0.25, 0.3) is 0 Å². The molecule has 2 amide bonds. The van der Waals surface area contributed by atoms with Crippen LogP contribution in [0.4, 0.5) is 0 Å². The van der Waals surface area contributed by atoms with Crippen LogP contribution in [0.1, 0.15) is 20.8 Å². The fourth-order valence-corrected chi connectivity index (χ4v) is 1.40. The Balaban J connectivity index is 3.13. The maximum Gasteiger partial charge on any atom is 0.246 e. The highest BCUT2D eigenvalue weighted by atomic mass is 16.5. The molecule has 0 aromatic heterocycles.